The number of hydrogen-bond donors (Lipinski definition) is 1. The minimum Gasteiger partial charge on any atom is -0.463 e. The summed E-state index contributed by atoms with van der Waals surface area (Å²) in [5.41, 5.74) is 0.648. The zero-order valence-corrected chi connectivity index (χ0v) is 19.5. The number of benzene rings is 2. The van der Waals surface area contributed by atoms with Crippen molar-refractivity contribution >= 4 is 21.9 Å². The minimum absolute atomic E-state index is 0.0321. The van der Waals surface area contributed by atoms with Gasteiger partial charge in [-0.05, 0) is 37.6 Å². The number of sulfonamides is 1. The van der Waals surface area contributed by atoms with E-state index in [4.69, 9.17) is 4.74 Å². The van der Waals surface area contributed by atoms with Gasteiger partial charge in [0.1, 0.15) is 10.7 Å². The Labute approximate surface area is 188 Å². The molecule has 0 fully saturated rings. The second-order valence-electron chi connectivity index (χ2n) is 7.41. The van der Waals surface area contributed by atoms with Gasteiger partial charge >= 0.3 is 5.97 Å². The molecule has 2 rings (SSSR count). The maximum atomic E-state index is 14.4. The Balaban J connectivity index is 2.35. The van der Waals surface area contributed by atoms with Gasteiger partial charge in [0.25, 0.3) is 5.91 Å². The lowest BCUT2D eigenvalue weighted by atomic mass is 10.0. The van der Waals surface area contributed by atoms with Crippen molar-refractivity contribution < 1.29 is 27.1 Å². The van der Waals surface area contributed by atoms with Gasteiger partial charge in [-0.15, -0.1) is 0 Å². The molecule has 174 valence electrons. The monoisotopic (exact) mass is 464 g/mol. The van der Waals surface area contributed by atoms with E-state index in [1.807, 2.05) is 0 Å². The highest BCUT2D eigenvalue weighted by Crippen LogP contribution is 2.23. The molecule has 0 aliphatic heterocycles. The van der Waals surface area contributed by atoms with E-state index in [9.17, 15) is 22.4 Å². The van der Waals surface area contributed by atoms with E-state index >= 15 is 0 Å². The molecule has 1 unspecified atom stereocenters. The molecule has 32 heavy (non-hydrogen) atoms. The summed E-state index contributed by atoms with van der Waals surface area (Å²) >= 11 is 0. The van der Waals surface area contributed by atoms with E-state index in [-0.39, 0.29) is 31.2 Å². The van der Waals surface area contributed by atoms with Crippen molar-refractivity contribution in [3.63, 3.8) is 0 Å². The summed E-state index contributed by atoms with van der Waals surface area (Å²) in [6.07, 6.45) is -0.417. The number of nitrogens with zero attached hydrogens (tertiary/aromatic N) is 1. The fraction of sp³-hybridized carbons (Fsp3) is 0.391. The molecule has 9 heteroatoms. The average molecular weight is 465 g/mol. The molecule has 1 amide bonds. The smallest absolute Gasteiger partial charge is 0.308 e. The molecule has 0 spiro atoms. The van der Waals surface area contributed by atoms with Crippen LogP contribution < -0.4 is 5.32 Å². The van der Waals surface area contributed by atoms with Crippen molar-refractivity contribution in [2.45, 2.75) is 51.2 Å². The molecular weight excluding hydrogens is 435 g/mol. The Bertz CT molecular complexity index is 1040. The first kappa shape index (κ1) is 25.5. The van der Waals surface area contributed by atoms with Crippen LogP contribution in [0.5, 0.6) is 0 Å². The average Bonchev–Trinajstić information content (AvgIpc) is 2.74. The van der Waals surface area contributed by atoms with Gasteiger partial charge in [-0.2, -0.15) is 4.31 Å². The number of hydrogen-bond acceptors (Lipinski definition) is 5. The molecule has 0 aromatic heterocycles. The van der Waals surface area contributed by atoms with E-state index in [1.165, 1.54) is 6.07 Å². The van der Waals surface area contributed by atoms with Crippen molar-refractivity contribution in [2.75, 3.05) is 13.1 Å². The lowest BCUT2D eigenvalue weighted by Gasteiger charge is -2.21. The van der Waals surface area contributed by atoms with E-state index in [0.29, 0.717) is 5.56 Å². The minimum atomic E-state index is -4.10. The molecule has 0 aliphatic carbocycles. The van der Waals surface area contributed by atoms with Crippen LogP contribution in [0.4, 0.5) is 4.39 Å². The number of rotatable bonds is 10. The molecule has 0 radical (unpaired) electrons. The first-order valence-corrected chi connectivity index (χ1v) is 11.9. The highest BCUT2D eigenvalue weighted by atomic mass is 32.2. The first-order chi connectivity index (χ1) is 15.1. The summed E-state index contributed by atoms with van der Waals surface area (Å²) < 4.78 is 46.2. The van der Waals surface area contributed by atoms with Crippen LogP contribution in [0.15, 0.2) is 53.4 Å². The highest BCUT2D eigenvalue weighted by molar-refractivity contribution is 7.89. The maximum Gasteiger partial charge on any atom is 0.308 e. The number of nitrogens with one attached hydrogen (secondary N) is 1. The van der Waals surface area contributed by atoms with Crippen LogP contribution in [0, 0.1) is 5.82 Å². The maximum absolute atomic E-state index is 14.4. The SMILES string of the molecule is CCN(CC)S(=O)(=O)c1cc(C(=O)NC(CC(=O)OC(C)C)c2ccccc2)ccc1F. The van der Waals surface area contributed by atoms with Crippen LogP contribution in [-0.2, 0) is 19.6 Å². The van der Waals surface area contributed by atoms with E-state index < -0.39 is 38.7 Å². The summed E-state index contributed by atoms with van der Waals surface area (Å²) in [4.78, 5) is 24.6. The van der Waals surface area contributed by atoms with Gasteiger partial charge in [-0.1, -0.05) is 44.2 Å². The van der Waals surface area contributed by atoms with E-state index in [2.05, 4.69) is 5.32 Å². The fourth-order valence-corrected chi connectivity index (χ4v) is 4.75. The Morgan fingerprint density at radius 2 is 1.69 bits per heavy atom. The van der Waals surface area contributed by atoms with E-state index in [1.54, 1.807) is 58.0 Å². The normalized spacial score (nSPS) is 12.6. The Morgan fingerprint density at radius 3 is 2.25 bits per heavy atom. The second-order valence-corrected chi connectivity index (χ2v) is 9.32. The quantitative estimate of drug-likeness (QED) is 0.542. The number of carbonyl (C=O) groups excluding carboxylic acids is 2. The Morgan fingerprint density at radius 1 is 1.06 bits per heavy atom. The van der Waals surface area contributed by atoms with Crippen molar-refractivity contribution in [1.29, 1.82) is 0 Å². The van der Waals surface area contributed by atoms with Crippen LogP contribution in [0.2, 0.25) is 0 Å². The predicted octanol–water partition coefficient (Wildman–Crippen LogP) is 3.67. The lowest BCUT2D eigenvalue weighted by Crippen LogP contribution is -2.33. The number of carbonyl (C=O) groups is 2. The first-order valence-electron chi connectivity index (χ1n) is 10.4. The third-order valence-corrected chi connectivity index (χ3v) is 6.83. The summed E-state index contributed by atoms with van der Waals surface area (Å²) in [5.74, 6) is -2.06. The number of amides is 1. The molecule has 0 bridgehead atoms. The van der Waals surface area contributed by atoms with Gasteiger partial charge in [0.15, 0.2) is 0 Å². The van der Waals surface area contributed by atoms with Gasteiger partial charge in [-0.3, -0.25) is 9.59 Å². The molecule has 1 atom stereocenters. The molecule has 2 aromatic carbocycles. The van der Waals surface area contributed by atoms with Crippen molar-refractivity contribution in [1.82, 2.24) is 9.62 Å². The zero-order chi connectivity index (χ0) is 23.9. The largest absolute Gasteiger partial charge is 0.463 e. The van der Waals surface area contributed by atoms with Gasteiger partial charge in [0, 0.05) is 18.7 Å². The zero-order valence-electron chi connectivity index (χ0n) is 18.7. The number of halogens is 1. The highest BCUT2D eigenvalue weighted by Gasteiger charge is 2.27. The van der Waals surface area contributed by atoms with Crippen LogP contribution in [-0.4, -0.2) is 43.8 Å². The lowest BCUT2D eigenvalue weighted by molar-refractivity contribution is -0.147. The molecule has 0 aliphatic rings. The van der Waals surface area contributed by atoms with Crippen molar-refractivity contribution in [3.05, 3.63) is 65.5 Å². The number of esters is 1. The van der Waals surface area contributed by atoms with Crippen molar-refractivity contribution in [3.8, 4) is 0 Å². The van der Waals surface area contributed by atoms with Gasteiger partial charge < -0.3 is 10.1 Å². The molecule has 2 aromatic rings. The van der Waals surface area contributed by atoms with Crippen LogP contribution >= 0.6 is 0 Å². The summed E-state index contributed by atoms with van der Waals surface area (Å²) in [6, 6.07) is 11.3. The third-order valence-electron chi connectivity index (χ3n) is 4.76. The number of ether oxygens (including phenoxy) is 1. The van der Waals surface area contributed by atoms with Gasteiger partial charge in [0.2, 0.25) is 10.0 Å². The van der Waals surface area contributed by atoms with Crippen LogP contribution in [0.3, 0.4) is 0 Å². The fourth-order valence-electron chi connectivity index (χ4n) is 3.20. The molecule has 7 nitrogen and oxygen atoms in total. The molecule has 0 heterocycles. The predicted molar refractivity (Wildman–Crippen MR) is 119 cm³/mol. The van der Waals surface area contributed by atoms with Crippen molar-refractivity contribution in [2.24, 2.45) is 0 Å². The molecule has 0 saturated carbocycles. The molecular formula is C23H29FN2O5S. The summed E-state index contributed by atoms with van der Waals surface area (Å²) in [5, 5.41) is 2.74. The topological polar surface area (TPSA) is 92.8 Å². The Hall–Kier alpha value is -2.78. The Kier molecular flexibility index (Phi) is 8.91. The van der Waals surface area contributed by atoms with Crippen LogP contribution in [0.1, 0.15) is 56.1 Å². The summed E-state index contributed by atoms with van der Waals surface area (Å²) in [6.45, 7) is 7.09. The summed E-state index contributed by atoms with van der Waals surface area (Å²) in [7, 11) is -4.10. The second kappa shape index (κ2) is 11.2. The third kappa shape index (κ3) is 6.37. The van der Waals surface area contributed by atoms with Gasteiger partial charge in [0.05, 0.1) is 18.6 Å². The van der Waals surface area contributed by atoms with Gasteiger partial charge in [-0.25, -0.2) is 12.8 Å². The van der Waals surface area contributed by atoms with E-state index in [0.717, 1.165) is 16.4 Å². The molecule has 1 N–H and O–H groups in total. The standard InChI is InChI=1S/C23H29FN2O5S/c1-5-26(6-2)32(29,30)21-14-18(12-13-19(21)24)23(28)25-20(15-22(27)31-16(3)4)17-10-8-7-9-11-17/h7-14,16,20H,5-6,15H2,1-4H3,(H,25,28). The molecule has 0 saturated heterocycles. The van der Waals surface area contributed by atoms with Crippen LogP contribution in [0.25, 0.3) is 0 Å².